The van der Waals surface area contributed by atoms with Crippen LogP contribution in [-0.2, 0) is 9.36 Å². The van der Waals surface area contributed by atoms with Crippen LogP contribution in [0.25, 0.3) is 0 Å². The van der Waals surface area contributed by atoms with E-state index in [0.29, 0.717) is 0 Å². The quantitative estimate of drug-likeness (QED) is 0.273. The van der Waals surface area contributed by atoms with Gasteiger partial charge in [0.05, 0.1) is 6.61 Å². The van der Waals surface area contributed by atoms with Crippen LogP contribution in [0, 0.1) is 0 Å². The van der Waals surface area contributed by atoms with Gasteiger partial charge in [0.1, 0.15) is 12.7 Å². The van der Waals surface area contributed by atoms with E-state index in [2.05, 4.69) is 0 Å². The second kappa shape index (κ2) is 7.10. The summed E-state index contributed by atoms with van der Waals surface area (Å²) in [4.78, 5) is 31.6. The molecule has 13 heavy (non-hydrogen) atoms. The fourth-order valence-corrected chi connectivity index (χ4v) is 0.207. The minimum Gasteiger partial charge on any atom is -0.393 e. The number of rotatable bonds is 3. The molecule has 0 rings (SSSR count). The average Bonchev–Trinajstić information content (AvgIpc) is 1.98. The van der Waals surface area contributed by atoms with Gasteiger partial charge in [-0.15, -0.1) is 0 Å². The minimum absolute atomic E-state index is 0.626. The van der Waals surface area contributed by atoms with Crippen molar-refractivity contribution in [3.63, 3.8) is 0 Å². The molecule has 0 saturated carbocycles. The Balaban J connectivity index is 0. The first-order chi connectivity index (χ1) is 5.72. The van der Waals surface area contributed by atoms with Gasteiger partial charge < -0.3 is 30.0 Å². The summed E-state index contributed by atoms with van der Waals surface area (Å²) in [5.41, 5.74) is 0. The van der Waals surface area contributed by atoms with Gasteiger partial charge in [0.25, 0.3) is 0 Å². The molecule has 80 valence electrons. The summed E-state index contributed by atoms with van der Waals surface area (Å²) in [5.74, 6) is -0.757. The predicted molar refractivity (Wildman–Crippen MR) is 39.4 cm³/mol. The normalized spacial score (nSPS) is 12.8. The van der Waals surface area contributed by atoms with Crippen LogP contribution >= 0.6 is 7.82 Å². The minimum atomic E-state index is -4.64. The molecule has 0 amide bonds. The molecule has 8 nitrogen and oxygen atoms in total. The Bertz CT molecular complexity index is 176. The van der Waals surface area contributed by atoms with Crippen molar-refractivity contribution in [2.24, 2.45) is 0 Å². The van der Waals surface area contributed by atoms with E-state index in [1.165, 1.54) is 0 Å². The molecule has 0 saturated heterocycles. The zero-order valence-corrected chi connectivity index (χ0v) is 7.33. The first-order valence-electron chi connectivity index (χ1n) is 2.93. The standard InChI is InChI=1S/C4H8O4.H3O4P/c5-1-3(7)4(8)2-6;1-5(2,3)4/h3,5-7H,1-2H2;(H3,1,2,3,4). The summed E-state index contributed by atoms with van der Waals surface area (Å²) < 4.78 is 8.88. The molecule has 0 aromatic heterocycles. The van der Waals surface area contributed by atoms with E-state index in [1.807, 2.05) is 0 Å². The number of hydrogen-bond acceptors (Lipinski definition) is 5. The van der Waals surface area contributed by atoms with Gasteiger partial charge in [-0.05, 0) is 0 Å². The van der Waals surface area contributed by atoms with Crippen LogP contribution in [0.15, 0.2) is 0 Å². The highest BCUT2D eigenvalue weighted by molar-refractivity contribution is 7.45. The maximum atomic E-state index is 10.1. The van der Waals surface area contributed by atoms with Gasteiger partial charge >= 0.3 is 7.82 Å². The molecule has 0 aliphatic carbocycles. The number of hydrogen-bond donors (Lipinski definition) is 6. The predicted octanol–water partition coefficient (Wildman–Crippen LogP) is -3.03. The van der Waals surface area contributed by atoms with E-state index < -0.39 is 32.9 Å². The maximum Gasteiger partial charge on any atom is 0.466 e. The van der Waals surface area contributed by atoms with Gasteiger partial charge in [0, 0.05) is 0 Å². The van der Waals surface area contributed by atoms with Crippen LogP contribution in [0.1, 0.15) is 0 Å². The SMILES string of the molecule is O=C(CO)C(O)CO.O=P(O)(O)O. The van der Waals surface area contributed by atoms with Crippen LogP contribution in [0.5, 0.6) is 0 Å². The highest BCUT2D eigenvalue weighted by Crippen LogP contribution is 2.25. The van der Waals surface area contributed by atoms with Crippen LogP contribution in [0.2, 0.25) is 0 Å². The van der Waals surface area contributed by atoms with E-state index in [-0.39, 0.29) is 0 Å². The molecule has 0 radical (unpaired) electrons. The molecule has 0 aliphatic heterocycles. The van der Waals surface area contributed by atoms with Crippen molar-refractivity contribution in [1.29, 1.82) is 0 Å². The van der Waals surface area contributed by atoms with Gasteiger partial charge in [-0.2, -0.15) is 0 Å². The number of carbonyl (C=O) groups is 1. The third-order valence-electron chi connectivity index (χ3n) is 0.700. The molecule has 0 aromatic rings. The van der Waals surface area contributed by atoms with Crippen molar-refractivity contribution in [2.75, 3.05) is 13.2 Å². The Morgan fingerprint density at radius 3 is 1.62 bits per heavy atom. The lowest BCUT2D eigenvalue weighted by atomic mass is 10.3. The van der Waals surface area contributed by atoms with Crippen molar-refractivity contribution in [3.8, 4) is 0 Å². The number of carbonyl (C=O) groups excluding carboxylic acids is 1. The largest absolute Gasteiger partial charge is 0.466 e. The smallest absolute Gasteiger partial charge is 0.393 e. The molecule has 9 heteroatoms. The van der Waals surface area contributed by atoms with E-state index >= 15 is 0 Å². The first-order valence-corrected chi connectivity index (χ1v) is 4.49. The Labute approximate surface area is 73.3 Å². The maximum absolute atomic E-state index is 10.1. The van der Waals surface area contributed by atoms with Crippen LogP contribution < -0.4 is 0 Å². The number of aliphatic hydroxyl groups excluding tert-OH is 3. The molecule has 1 atom stereocenters. The van der Waals surface area contributed by atoms with Gasteiger partial charge in [-0.25, -0.2) is 4.57 Å². The molecular formula is C4H11O8P. The Kier molecular flexibility index (Phi) is 8.27. The summed E-state index contributed by atoms with van der Waals surface area (Å²) in [5, 5.41) is 24.4. The highest BCUT2D eigenvalue weighted by atomic mass is 31.2. The Morgan fingerprint density at radius 1 is 1.23 bits per heavy atom. The van der Waals surface area contributed by atoms with Crippen LogP contribution in [-0.4, -0.2) is 55.1 Å². The molecule has 6 N–H and O–H groups in total. The molecule has 0 bridgehead atoms. The van der Waals surface area contributed by atoms with Gasteiger partial charge in [0.2, 0.25) is 0 Å². The zero-order valence-electron chi connectivity index (χ0n) is 6.44. The monoisotopic (exact) mass is 218 g/mol. The van der Waals surface area contributed by atoms with Crippen molar-refractivity contribution in [1.82, 2.24) is 0 Å². The Morgan fingerprint density at radius 2 is 1.54 bits per heavy atom. The molecule has 0 spiro atoms. The van der Waals surface area contributed by atoms with Crippen molar-refractivity contribution in [3.05, 3.63) is 0 Å². The fraction of sp³-hybridized carbons (Fsp3) is 0.750. The lowest BCUT2D eigenvalue weighted by molar-refractivity contribution is -0.131. The lowest BCUT2D eigenvalue weighted by Crippen LogP contribution is -2.26. The third kappa shape index (κ3) is 18.5. The number of phosphoric acid groups is 1. The van der Waals surface area contributed by atoms with Gasteiger partial charge in [-0.1, -0.05) is 0 Å². The third-order valence-corrected chi connectivity index (χ3v) is 0.700. The zero-order chi connectivity index (χ0) is 11.1. The first kappa shape index (κ1) is 15.1. The topological polar surface area (TPSA) is 156 Å². The van der Waals surface area contributed by atoms with Crippen molar-refractivity contribution < 1.29 is 39.4 Å². The second-order valence-electron chi connectivity index (χ2n) is 1.84. The number of ketones is 1. The van der Waals surface area contributed by atoms with E-state index in [9.17, 15) is 4.79 Å². The number of aliphatic hydroxyl groups is 3. The van der Waals surface area contributed by atoms with Crippen LogP contribution in [0.4, 0.5) is 0 Å². The Hall–Kier alpha value is -0.340. The average molecular weight is 218 g/mol. The fourth-order valence-electron chi connectivity index (χ4n) is 0.207. The summed E-state index contributed by atoms with van der Waals surface area (Å²) in [6, 6.07) is 0. The molecule has 0 aliphatic rings. The highest BCUT2D eigenvalue weighted by Gasteiger charge is 2.10. The van der Waals surface area contributed by atoms with Crippen molar-refractivity contribution in [2.45, 2.75) is 6.10 Å². The van der Waals surface area contributed by atoms with Gasteiger partial charge in [0.15, 0.2) is 5.78 Å². The van der Waals surface area contributed by atoms with Gasteiger partial charge in [-0.3, -0.25) is 4.79 Å². The molecular weight excluding hydrogens is 207 g/mol. The molecule has 1 unspecified atom stereocenters. The van der Waals surface area contributed by atoms with E-state index in [4.69, 9.17) is 34.6 Å². The number of Topliss-reactive ketones (excluding diaryl/α,β-unsaturated/α-hetero) is 1. The molecule has 0 heterocycles. The van der Waals surface area contributed by atoms with E-state index in [0.717, 1.165) is 0 Å². The summed E-state index contributed by atoms with van der Waals surface area (Å²) in [6.45, 7) is -1.35. The van der Waals surface area contributed by atoms with Crippen molar-refractivity contribution >= 4 is 13.6 Å². The lowest BCUT2D eigenvalue weighted by Gasteiger charge is -2.00. The summed E-state index contributed by atoms with van der Waals surface area (Å²) >= 11 is 0. The van der Waals surface area contributed by atoms with Crippen LogP contribution in [0.3, 0.4) is 0 Å². The summed E-state index contributed by atoms with van der Waals surface area (Å²) in [6.07, 6.45) is -1.42. The molecule has 0 fully saturated rings. The van der Waals surface area contributed by atoms with E-state index in [1.54, 1.807) is 0 Å². The second-order valence-corrected chi connectivity index (χ2v) is 2.86. The summed E-state index contributed by atoms with van der Waals surface area (Å²) in [7, 11) is -4.64. The molecule has 0 aromatic carbocycles.